The Morgan fingerprint density at radius 3 is 2.92 bits per heavy atom. The highest BCUT2D eigenvalue weighted by molar-refractivity contribution is 5.98. The first-order chi connectivity index (χ1) is 6.09. The van der Waals surface area contributed by atoms with Gasteiger partial charge in [-0.15, -0.1) is 0 Å². The third-order valence-electron chi connectivity index (χ3n) is 2.21. The second-order valence-electron chi connectivity index (χ2n) is 3.19. The first-order valence-electron chi connectivity index (χ1n) is 3.93. The number of nitrogen functional groups attached to an aromatic ring is 1. The van der Waals surface area contributed by atoms with Crippen LogP contribution in [0.1, 0.15) is 15.9 Å². The molecule has 0 saturated heterocycles. The fourth-order valence-electron chi connectivity index (χ4n) is 1.49. The molecule has 0 unspecified atom stereocenters. The molecule has 0 aliphatic carbocycles. The van der Waals surface area contributed by atoms with E-state index in [1.165, 1.54) is 17.0 Å². The van der Waals surface area contributed by atoms with Gasteiger partial charge in [0, 0.05) is 19.2 Å². The van der Waals surface area contributed by atoms with Gasteiger partial charge in [-0.3, -0.25) is 4.79 Å². The second-order valence-corrected chi connectivity index (χ2v) is 3.19. The fourth-order valence-corrected chi connectivity index (χ4v) is 1.49. The highest BCUT2D eigenvalue weighted by atomic mass is 19.1. The Labute approximate surface area is 74.9 Å². The second kappa shape index (κ2) is 2.45. The highest BCUT2D eigenvalue weighted by Crippen LogP contribution is 2.25. The molecular weight excluding hydrogens is 171 g/mol. The number of nitrogens with zero attached hydrogens (tertiary/aromatic N) is 1. The number of anilines is 1. The number of benzene rings is 1. The first kappa shape index (κ1) is 8.04. The van der Waals surface area contributed by atoms with Crippen LogP contribution in [-0.2, 0) is 6.54 Å². The molecule has 1 aliphatic rings. The van der Waals surface area contributed by atoms with Crippen LogP contribution in [0.2, 0.25) is 0 Å². The minimum absolute atomic E-state index is 0.0300. The van der Waals surface area contributed by atoms with E-state index < -0.39 is 5.82 Å². The topological polar surface area (TPSA) is 46.3 Å². The molecule has 0 radical (unpaired) electrons. The standard InChI is InChI=1S/C9H9FN2O/c1-12-4-5-2-7(10)8(11)3-6(5)9(12)13/h2-3H,4,11H2,1H3. The summed E-state index contributed by atoms with van der Waals surface area (Å²) in [6.07, 6.45) is 0. The van der Waals surface area contributed by atoms with Crippen LogP contribution in [-0.4, -0.2) is 17.9 Å². The molecule has 4 heteroatoms. The van der Waals surface area contributed by atoms with Gasteiger partial charge in [0.05, 0.1) is 5.69 Å². The number of halogens is 1. The van der Waals surface area contributed by atoms with Crippen molar-refractivity contribution in [2.45, 2.75) is 6.54 Å². The molecule has 0 saturated carbocycles. The predicted molar refractivity (Wildman–Crippen MR) is 46.6 cm³/mol. The smallest absolute Gasteiger partial charge is 0.254 e. The molecule has 68 valence electrons. The summed E-state index contributed by atoms with van der Waals surface area (Å²) in [6, 6.07) is 2.72. The van der Waals surface area contributed by atoms with E-state index in [1.54, 1.807) is 7.05 Å². The van der Waals surface area contributed by atoms with Crippen LogP contribution in [0, 0.1) is 5.82 Å². The van der Waals surface area contributed by atoms with Crippen molar-refractivity contribution in [3.05, 3.63) is 29.1 Å². The van der Waals surface area contributed by atoms with Crippen LogP contribution in [0.5, 0.6) is 0 Å². The van der Waals surface area contributed by atoms with Crippen molar-refractivity contribution >= 4 is 11.6 Å². The van der Waals surface area contributed by atoms with E-state index in [2.05, 4.69) is 0 Å². The molecular formula is C9H9FN2O. The van der Waals surface area contributed by atoms with Gasteiger partial charge >= 0.3 is 0 Å². The van der Waals surface area contributed by atoms with E-state index in [0.29, 0.717) is 17.7 Å². The maximum Gasteiger partial charge on any atom is 0.254 e. The molecule has 0 spiro atoms. The van der Waals surface area contributed by atoms with Crippen LogP contribution in [0.25, 0.3) is 0 Å². The maximum absolute atomic E-state index is 13.0. The molecule has 1 amide bonds. The molecule has 0 fully saturated rings. The average Bonchev–Trinajstić information content (AvgIpc) is 2.32. The van der Waals surface area contributed by atoms with E-state index in [4.69, 9.17) is 5.73 Å². The molecule has 2 rings (SSSR count). The quantitative estimate of drug-likeness (QED) is 0.605. The van der Waals surface area contributed by atoms with E-state index in [9.17, 15) is 9.18 Å². The van der Waals surface area contributed by atoms with Crippen LogP contribution >= 0.6 is 0 Å². The number of fused-ring (bicyclic) bond motifs is 1. The molecule has 1 heterocycles. The molecule has 0 bridgehead atoms. The van der Waals surface area contributed by atoms with E-state index in [-0.39, 0.29) is 11.6 Å². The van der Waals surface area contributed by atoms with Gasteiger partial charge in [0.2, 0.25) is 0 Å². The van der Waals surface area contributed by atoms with Crippen molar-refractivity contribution in [1.82, 2.24) is 4.90 Å². The minimum Gasteiger partial charge on any atom is -0.396 e. The van der Waals surface area contributed by atoms with Gasteiger partial charge < -0.3 is 10.6 Å². The van der Waals surface area contributed by atoms with E-state index in [1.807, 2.05) is 0 Å². The maximum atomic E-state index is 13.0. The monoisotopic (exact) mass is 180 g/mol. The minimum atomic E-state index is -0.457. The lowest BCUT2D eigenvalue weighted by molar-refractivity contribution is 0.0816. The number of hydrogen-bond donors (Lipinski definition) is 1. The summed E-state index contributed by atoms with van der Waals surface area (Å²) in [7, 11) is 1.68. The Hall–Kier alpha value is -1.58. The molecule has 0 atom stereocenters. The van der Waals surface area contributed by atoms with E-state index >= 15 is 0 Å². The summed E-state index contributed by atoms with van der Waals surface area (Å²) < 4.78 is 13.0. The number of nitrogens with two attached hydrogens (primary N) is 1. The lowest BCUT2D eigenvalue weighted by Gasteiger charge is -2.04. The first-order valence-corrected chi connectivity index (χ1v) is 3.93. The summed E-state index contributed by atoms with van der Waals surface area (Å²) in [4.78, 5) is 12.9. The van der Waals surface area contributed by atoms with Crippen LogP contribution in [0.4, 0.5) is 10.1 Å². The highest BCUT2D eigenvalue weighted by Gasteiger charge is 2.25. The predicted octanol–water partition coefficient (Wildman–Crippen LogP) is 0.994. The summed E-state index contributed by atoms with van der Waals surface area (Å²) in [5.41, 5.74) is 6.61. The Bertz CT molecular complexity index is 389. The van der Waals surface area contributed by atoms with Gasteiger partial charge in [0.1, 0.15) is 5.82 Å². The number of carbonyl (C=O) groups excluding carboxylic acids is 1. The zero-order valence-electron chi connectivity index (χ0n) is 7.17. The Balaban J connectivity index is 2.59. The van der Waals surface area contributed by atoms with Gasteiger partial charge in [0.15, 0.2) is 0 Å². The molecule has 2 N–H and O–H groups in total. The zero-order valence-corrected chi connectivity index (χ0v) is 7.17. The molecule has 1 aromatic carbocycles. The molecule has 1 aliphatic heterocycles. The zero-order chi connectivity index (χ0) is 9.59. The average molecular weight is 180 g/mol. The Kier molecular flexibility index (Phi) is 1.52. The summed E-state index contributed by atoms with van der Waals surface area (Å²) in [5, 5.41) is 0. The number of amides is 1. The van der Waals surface area contributed by atoms with Crippen molar-refractivity contribution < 1.29 is 9.18 Å². The Morgan fingerprint density at radius 2 is 2.23 bits per heavy atom. The van der Waals surface area contributed by atoms with Crippen LogP contribution in [0.15, 0.2) is 12.1 Å². The summed E-state index contributed by atoms with van der Waals surface area (Å²) >= 11 is 0. The SMILES string of the molecule is CN1Cc2cc(F)c(N)cc2C1=O. The lowest BCUT2D eigenvalue weighted by Crippen LogP contribution is -2.17. The largest absolute Gasteiger partial charge is 0.396 e. The van der Waals surface area contributed by atoms with Crippen LogP contribution in [0.3, 0.4) is 0 Å². The molecule has 1 aromatic rings. The van der Waals surface area contributed by atoms with Crippen molar-refractivity contribution in [1.29, 1.82) is 0 Å². The summed E-state index contributed by atoms with van der Waals surface area (Å²) in [5.74, 6) is -0.552. The van der Waals surface area contributed by atoms with Gasteiger partial charge in [-0.25, -0.2) is 4.39 Å². The van der Waals surface area contributed by atoms with Crippen molar-refractivity contribution in [2.24, 2.45) is 0 Å². The normalized spacial score (nSPS) is 14.9. The van der Waals surface area contributed by atoms with E-state index in [0.717, 1.165) is 0 Å². The Morgan fingerprint density at radius 1 is 1.54 bits per heavy atom. The van der Waals surface area contributed by atoms with Gasteiger partial charge in [-0.1, -0.05) is 0 Å². The van der Waals surface area contributed by atoms with Gasteiger partial charge in [-0.05, 0) is 17.7 Å². The third-order valence-corrected chi connectivity index (χ3v) is 2.21. The van der Waals surface area contributed by atoms with Gasteiger partial charge in [-0.2, -0.15) is 0 Å². The number of rotatable bonds is 0. The van der Waals surface area contributed by atoms with Crippen molar-refractivity contribution in [3.8, 4) is 0 Å². The number of hydrogen-bond acceptors (Lipinski definition) is 2. The van der Waals surface area contributed by atoms with Crippen molar-refractivity contribution in [2.75, 3.05) is 12.8 Å². The van der Waals surface area contributed by atoms with Gasteiger partial charge in [0.25, 0.3) is 5.91 Å². The molecule has 13 heavy (non-hydrogen) atoms. The lowest BCUT2D eigenvalue weighted by atomic mass is 10.1. The molecule has 3 nitrogen and oxygen atoms in total. The van der Waals surface area contributed by atoms with Crippen LogP contribution < -0.4 is 5.73 Å². The summed E-state index contributed by atoms with van der Waals surface area (Å²) in [6.45, 7) is 0.464. The molecule has 0 aromatic heterocycles. The fraction of sp³-hybridized carbons (Fsp3) is 0.222. The third kappa shape index (κ3) is 1.06. The van der Waals surface area contributed by atoms with Crippen molar-refractivity contribution in [3.63, 3.8) is 0 Å². The number of carbonyl (C=O) groups is 1.